The maximum Gasteiger partial charge on any atom is 0.179 e. The van der Waals surface area contributed by atoms with Gasteiger partial charge in [-0.05, 0) is 39.0 Å². The number of anilines is 1. The smallest absolute Gasteiger partial charge is 0.179 e. The summed E-state index contributed by atoms with van der Waals surface area (Å²) in [5.41, 5.74) is 3.31. The number of methoxy groups -OCH3 is 1. The van der Waals surface area contributed by atoms with Crippen molar-refractivity contribution in [2.45, 2.75) is 27.3 Å². The normalized spacial score (nSPS) is 11.1. The molecular formula is C23H25FN6O2. The first-order valence-corrected chi connectivity index (χ1v) is 10.3. The summed E-state index contributed by atoms with van der Waals surface area (Å²) in [5.74, 6) is 1.38. The van der Waals surface area contributed by atoms with Crippen molar-refractivity contribution in [3.8, 4) is 17.2 Å². The molecule has 3 heterocycles. The Morgan fingerprint density at radius 3 is 2.62 bits per heavy atom. The Labute approximate surface area is 185 Å². The molecule has 0 amide bonds. The topological polar surface area (TPSA) is 78.2 Å². The quantitative estimate of drug-likeness (QED) is 0.433. The highest BCUT2D eigenvalue weighted by Crippen LogP contribution is 2.31. The van der Waals surface area contributed by atoms with Gasteiger partial charge in [0.1, 0.15) is 22.7 Å². The molecule has 0 spiro atoms. The van der Waals surface area contributed by atoms with Gasteiger partial charge in [0, 0.05) is 25.4 Å². The molecule has 0 saturated heterocycles. The Balaban J connectivity index is 1.77. The first-order chi connectivity index (χ1) is 15.4. The molecule has 0 atom stereocenters. The summed E-state index contributed by atoms with van der Waals surface area (Å²) in [4.78, 5) is 6.32. The summed E-state index contributed by atoms with van der Waals surface area (Å²) in [6, 6.07) is 8.44. The van der Waals surface area contributed by atoms with Gasteiger partial charge < -0.3 is 14.4 Å². The van der Waals surface area contributed by atoms with Crippen molar-refractivity contribution in [3.05, 3.63) is 59.4 Å². The molecule has 0 aliphatic carbocycles. The van der Waals surface area contributed by atoms with E-state index in [2.05, 4.69) is 15.2 Å². The van der Waals surface area contributed by atoms with Crippen LogP contribution in [0.3, 0.4) is 0 Å². The van der Waals surface area contributed by atoms with Crippen LogP contribution in [0.1, 0.15) is 24.0 Å². The number of hydrogen-bond donors (Lipinski definition) is 0. The molecule has 8 nitrogen and oxygen atoms in total. The summed E-state index contributed by atoms with van der Waals surface area (Å²) >= 11 is 0. The Morgan fingerprint density at radius 2 is 1.91 bits per heavy atom. The van der Waals surface area contributed by atoms with Crippen LogP contribution in [0, 0.1) is 19.7 Å². The van der Waals surface area contributed by atoms with Crippen LogP contribution >= 0.6 is 0 Å². The summed E-state index contributed by atoms with van der Waals surface area (Å²) in [6.45, 7) is 6.58. The number of hydrogen-bond acceptors (Lipinski definition) is 7. The molecule has 0 aliphatic heterocycles. The van der Waals surface area contributed by atoms with Crippen LogP contribution in [0.15, 0.2) is 36.5 Å². The van der Waals surface area contributed by atoms with Gasteiger partial charge in [-0.1, -0.05) is 0 Å². The molecule has 0 radical (unpaired) electrons. The summed E-state index contributed by atoms with van der Waals surface area (Å²) in [7, 11) is 3.51. The largest absolute Gasteiger partial charge is 0.497 e. The van der Waals surface area contributed by atoms with Crippen LogP contribution in [0.25, 0.3) is 16.6 Å². The molecule has 4 aromatic rings. The second-order valence-corrected chi connectivity index (χ2v) is 7.42. The third-order valence-electron chi connectivity index (χ3n) is 5.23. The van der Waals surface area contributed by atoms with Crippen LogP contribution in [-0.2, 0) is 6.54 Å². The predicted octanol–water partition coefficient (Wildman–Crippen LogP) is 4.01. The van der Waals surface area contributed by atoms with E-state index >= 15 is 0 Å². The molecule has 4 rings (SSSR count). The Hall–Kier alpha value is -3.75. The molecular weight excluding hydrogens is 411 g/mol. The SMILES string of the molecule is CCOc1ccc(-n2nc3c(N(C)Cc4cc(OC)ccn4)nnc(C)c3c2C)c(F)c1. The third kappa shape index (κ3) is 3.93. The number of rotatable bonds is 7. The standard InChI is InChI=1S/C23H25FN6O2/c1-6-32-18-7-8-20(19(24)12-18)30-15(3)21-14(2)26-27-23(22(21)28-30)29(4)13-16-11-17(31-5)9-10-25-16/h7-12H,6,13H2,1-5H3. The summed E-state index contributed by atoms with van der Waals surface area (Å²) in [5, 5.41) is 14.3. The Kier molecular flexibility index (Phi) is 5.89. The molecule has 32 heavy (non-hydrogen) atoms. The highest BCUT2D eigenvalue weighted by Gasteiger charge is 2.21. The van der Waals surface area contributed by atoms with Gasteiger partial charge in [0.15, 0.2) is 11.6 Å². The van der Waals surface area contributed by atoms with Crippen molar-refractivity contribution in [2.75, 3.05) is 25.7 Å². The minimum atomic E-state index is -0.416. The van der Waals surface area contributed by atoms with Crippen molar-refractivity contribution in [3.63, 3.8) is 0 Å². The zero-order chi connectivity index (χ0) is 22.8. The van der Waals surface area contributed by atoms with E-state index < -0.39 is 5.82 Å². The fourth-order valence-electron chi connectivity index (χ4n) is 3.71. The maximum absolute atomic E-state index is 14.9. The fourth-order valence-corrected chi connectivity index (χ4v) is 3.71. The maximum atomic E-state index is 14.9. The van der Waals surface area contributed by atoms with Gasteiger partial charge in [-0.3, -0.25) is 4.98 Å². The van der Waals surface area contributed by atoms with Gasteiger partial charge in [-0.2, -0.15) is 10.2 Å². The highest BCUT2D eigenvalue weighted by atomic mass is 19.1. The lowest BCUT2D eigenvalue weighted by molar-refractivity contribution is 0.338. The minimum Gasteiger partial charge on any atom is -0.497 e. The Bertz CT molecular complexity index is 1270. The van der Waals surface area contributed by atoms with E-state index in [9.17, 15) is 4.39 Å². The van der Waals surface area contributed by atoms with Crippen LogP contribution in [-0.4, -0.2) is 45.7 Å². The number of aromatic nitrogens is 5. The van der Waals surface area contributed by atoms with Gasteiger partial charge in [-0.15, -0.1) is 5.10 Å². The molecule has 0 unspecified atom stereocenters. The van der Waals surface area contributed by atoms with Gasteiger partial charge in [-0.25, -0.2) is 9.07 Å². The Morgan fingerprint density at radius 1 is 1.09 bits per heavy atom. The van der Waals surface area contributed by atoms with Gasteiger partial charge in [0.2, 0.25) is 0 Å². The molecule has 3 aromatic heterocycles. The first kappa shape index (κ1) is 21.5. The second kappa shape index (κ2) is 8.78. The molecule has 9 heteroatoms. The molecule has 1 aromatic carbocycles. The van der Waals surface area contributed by atoms with Gasteiger partial charge in [0.25, 0.3) is 0 Å². The second-order valence-electron chi connectivity index (χ2n) is 7.42. The monoisotopic (exact) mass is 436 g/mol. The van der Waals surface area contributed by atoms with E-state index in [1.165, 1.54) is 6.07 Å². The van der Waals surface area contributed by atoms with Gasteiger partial charge >= 0.3 is 0 Å². The van der Waals surface area contributed by atoms with Crippen LogP contribution in [0.4, 0.5) is 10.2 Å². The third-order valence-corrected chi connectivity index (χ3v) is 5.23. The van der Waals surface area contributed by atoms with Crippen LogP contribution in [0.2, 0.25) is 0 Å². The number of nitrogens with zero attached hydrogens (tertiary/aromatic N) is 6. The predicted molar refractivity (Wildman–Crippen MR) is 120 cm³/mol. The van der Waals surface area contributed by atoms with E-state index in [1.54, 1.807) is 36.2 Å². The van der Waals surface area contributed by atoms with Crippen LogP contribution in [0.5, 0.6) is 11.5 Å². The first-order valence-electron chi connectivity index (χ1n) is 10.3. The number of aryl methyl sites for hydroxylation is 2. The molecule has 0 N–H and O–H groups in total. The number of ether oxygens (including phenoxy) is 2. The number of fused-ring (bicyclic) bond motifs is 1. The van der Waals surface area contributed by atoms with Crippen molar-refractivity contribution in [1.29, 1.82) is 0 Å². The average Bonchev–Trinajstić information content (AvgIpc) is 3.12. The van der Waals surface area contributed by atoms with Gasteiger partial charge in [0.05, 0.1) is 42.7 Å². The van der Waals surface area contributed by atoms with E-state index in [0.29, 0.717) is 35.9 Å². The molecule has 0 fully saturated rings. The van der Waals surface area contributed by atoms with E-state index in [4.69, 9.17) is 14.6 Å². The average molecular weight is 436 g/mol. The lowest BCUT2D eigenvalue weighted by Gasteiger charge is -2.18. The van der Waals surface area contributed by atoms with Crippen molar-refractivity contribution >= 4 is 16.7 Å². The number of halogens is 1. The molecule has 0 bridgehead atoms. The molecule has 166 valence electrons. The fraction of sp³-hybridized carbons (Fsp3) is 0.304. The highest BCUT2D eigenvalue weighted by molar-refractivity contribution is 5.92. The van der Waals surface area contributed by atoms with Crippen LogP contribution < -0.4 is 14.4 Å². The van der Waals surface area contributed by atoms with E-state index in [-0.39, 0.29) is 0 Å². The van der Waals surface area contributed by atoms with Crippen molar-refractivity contribution in [1.82, 2.24) is 25.0 Å². The zero-order valence-corrected chi connectivity index (χ0v) is 18.8. The number of pyridine rings is 1. The van der Waals surface area contributed by atoms with Crippen molar-refractivity contribution < 1.29 is 13.9 Å². The molecule has 0 aliphatic rings. The minimum absolute atomic E-state index is 0.338. The van der Waals surface area contributed by atoms with E-state index in [0.717, 1.165) is 28.2 Å². The lowest BCUT2D eigenvalue weighted by Crippen LogP contribution is -2.19. The van der Waals surface area contributed by atoms with Crippen molar-refractivity contribution in [2.24, 2.45) is 0 Å². The number of benzene rings is 1. The lowest BCUT2D eigenvalue weighted by atomic mass is 10.2. The molecule has 0 saturated carbocycles. The van der Waals surface area contributed by atoms with E-state index in [1.807, 2.05) is 38.8 Å². The summed E-state index contributed by atoms with van der Waals surface area (Å²) in [6.07, 6.45) is 1.70. The zero-order valence-electron chi connectivity index (χ0n) is 18.8. The summed E-state index contributed by atoms with van der Waals surface area (Å²) < 4.78 is 27.2.